The first-order valence-electron chi connectivity index (χ1n) is 10.1. The molecule has 3 heterocycles. The molecule has 0 spiro atoms. The molecule has 1 aliphatic heterocycles. The zero-order valence-electron chi connectivity index (χ0n) is 16.5. The summed E-state index contributed by atoms with van der Waals surface area (Å²) in [6, 6.07) is 21.8. The SMILES string of the molecule is O=C1c2c(cccc2OCc2ccncc2)CN1CCc1ccc2ccccc2n1. The maximum atomic E-state index is 13.1. The summed E-state index contributed by atoms with van der Waals surface area (Å²) in [4.78, 5) is 23.7. The van der Waals surface area contributed by atoms with Crippen LogP contribution in [0.1, 0.15) is 27.2 Å². The zero-order chi connectivity index (χ0) is 20.3. The van der Waals surface area contributed by atoms with E-state index in [0.29, 0.717) is 31.0 Å². The number of hydrogen-bond acceptors (Lipinski definition) is 4. The second kappa shape index (κ2) is 7.95. The molecule has 2 aromatic heterocycles. The van der Waals surface area contributed by atoms with E-state index >= 15 is 0 Å². The molecular weight excluding hydrogens is 374 g/mol. The van der Waals surface area contributed by atoms with Gasteiger partial charge in [-0.1, -0.05) is 36.4 Å². The maximum Gasteiger partial charge on any atom is 0.258 e. The molecule has 0 saturated carbocycles. The summed E-state index contributed by atoms with van der Waals surface area (Å²) in [6.07, 6.45) is 4.20. The fourth-order valence-corrected chi connectivity index (χ4v) is 3.82. The molecule has 0 fully saturated rings. The average Bonchev–Trinajstić information content (AvgIpc) is 3.13. The van der Waals surface area contributed by atoms with Crippen LogP contribution in [0.4, 0.5) is 0 Å². The van der Waals surface area contributed by atoms with Crippen molar-refractivity contribution in [1.82, 2.24) is 14.9 Å². The third-order valence-corrected chi connectivity index (χ3v) is 5.41. The van der Waals surface area contributed by atoms with Crippen molar-refractivity contribution in [3.8, 4) is 5.75 Å². The lowest BCUT2D eigenvalue weighted by molar-refractivity contribution is 0.0776. The van der Waals surface area contributed by atoms with Crippen molar-refractivity contribution in [2.24, 2.45) is 0 Å². The first kappa shape index (κ1) is 18.3. The predicted molar refractivity (Wildman–Crippen MR) is 115 cm³/mol. The highest BCUT2D eigenvalue weighted by Crippen LogP contribution is 2.31. The molecule has 0 unspecified atom stereocenters. The fraction of sp³-hybridized carbons (Fsp3) is 0.160. The monoisotopic (exact) mass is 395 g/mol. The molecule has 0 bridgehead atoms. The smallest absolute Gasteiger partial charge is 0.258 e. The molecule has 30 heavy (non-hydrogen) atoms. The zero-order valence-corrected chi connectivity index (χ0v) is 16.5. The topological polar surface area (TPSA) is 55.3 Å². The largest absolute Gasteiger partial charge is 0.488 e. The normalized spacial score (nSPS) is 12.9. The van der Waals surface area contributed by atoms with E-state index in [0.717, 1.165) is 34.1 Å². The van der Waals surface area contributed by atoms with Crippen LogP contribution in [0.25, 0.3) is 10.9 Å². The number of amides is 1. The number of carbonyl (C=O) groups is 1. The molecular formula is C25H21N3O2. The van der Waals surface area contributed by atoms with Gasteiger partial charge in [0.25, 0.3) is 5.91 Å². The minimum Gasteiger partial charge on any atom is -0.488 e. The lowest BCUT2D eigenvalue weighted by Crippen LogP contribution is -2.26. The van der Waals surface area contributed by atoms with Crippen molar-refractivity contribution < 1.29 is 9.53 Å². The Morgan fingerprint density at radius 1 is 0.933 bits per heavy atom. The number of nitrogens with zero attached hydrogens (tertiary/aromatic N) is 3. The van der Waals surface area contributed by atoms with Crippen molar-refractivity contribution in [3.05, 3.63) is 102 Å². The summed E-state index contributed by atoms with van der Waals surface area (Å²) >= 11 is 0. The third-order valence-electron chi connectivity index (χ3n) is 5.41. The van der Waals surface area contributed by atoms with E-state index in [-0.39, 0.29) is 5.91 Å². The Morgan fingerprint density at radius 2 is 1.80 bits per heavy atom. The number of fused-ring (bicyclic) bond motifs is 2. The van der Waals surface area contributed by atoms with Gasteiger partial charge >= 0.3 is 0 Å². The van der Waals surface area contributed by atoms with E-state index in [1.807, 2.05) is 59.5 Å². The molecule has 0 saturated heterocycles. The van der Waals surface area contributed by atoms with E-state index in [1.165, 1.54) is 0 Å². The Labute approximate surface area is 175 Å². The van der Waals surface area contributed by atoms with E-state index in [9.17, 15) is 4.79 Å². The Bertz CT molecular complexity index is 1210. The average molecular weight is 395 g/mol. The summed E-state index contributed by atoms with van der Waals surface area (Å²) in [5.74, 6) is 0.664. The lowest BCUT2D eigenvalue weighted by Gasteiger charge is -2.15. The highest BCUT2D eigenvalue weighted by Gasteiger charge is 2.30. The van der Waals surface area contributed by atoms with Crippen LogP contribution in [0.3, 0.4) is 0 Å². The summed E-state index contributed by atoms with van der Waals surface area (Å²) in [6.45, 7) is 1.64. The van der Waals surface area contributed by atoms with E-state index in [4.69, 9.17) is 9.72 Å². The molecule has 4 aromatic rings. The number of ether oxygens (including phenoxy) is 1. The number of para-hydroxylation sites is 1. The molecule has 2 aromatic carbocycles. The van der Waals surface area contributed by atoms with Gasteiger partial charge in [0.15, 0.2) is 0 Å². The minimum atomic E-state index is 0.0242. The number of benzene rings is 2. The van der Waals surface area contributed by atoms with E-state index < -0.39 is 0 Å². The van der Waals surface area contributed by atoms with Crippen LogP contribution in [0, 0.1) is 0 Å². The highest BCUT2D eigenvalue weighted by atomic mass is 16.5. The third kappa shape index (κ3) is 3.62. The van der Waals surface area contributed by atoms with Gasteiger partial charge in [-0.2, -0.15) is 0 Å². The Kier molecular flexibility index (Phi) is 4.85. The minimum absolute atomic E-state index is 0.0242. The van der Waals surface area contributed by atoms with Crippen LogP contribution in [0.15, 0.2) is 79.1 Å². The van der Waals surface area contributed by atoms with Crippen LogP contribution in [-0.4, -0.2) is 27.3 Å². The molecule has 5 heteroatoms. The molecule has 5 nitrogen and oxygen atoms in total. The number of rotatable bonds is 6. The van der Waals surface area contributed by atoms with Crippen molar-refractivity contribution >= 4 is 16.8 Å². The summed E-state index contributed by atoms with van der Waals surface area (Å²) in [5.41, 5.74) is 4.69. The fourth-order valence-electron chi connectivity index (χ4n) is 3.82. The van der Waals surface area contributed by atoms with Gasteiger partial charge in [-0.15, -0.1) is 0 Å². The van der Waals surface area contributed by atoms with Crippen LogP contribution >= 0.6 is 0 Å². The summed E-state index contributed by atoms with van der Waals surface area (Å²) in [5, 5.41) is 1.13. The lowest BCUT2D eigenvalue weighted by atomic mass is 10.1. The predicted octanol–water partition coefficient (Wildman–Crippen LogP) is 4.41. The molecule has 148 valence electrons. The number of aromatic nitrogens is 2. The van der Waals surface area contributed by atoms with Gasteiger partial charge < -0.3 is 9.64 Å². The second-order valence-electron chi connectivity index (χ2n) is 7.41. The van der Waals surface area contributed by atoms with Crippen LogP contribution in [-0.2, 0) is 19.6 Å². The molecule has 0 radical (unpaired) electrons. The highest BCUT2D eigenvalue weighted by molar-refractivity contribution is 6.01. The Morgan fingerprint density at radius 3 is 2.70 bits per heavy atom. The number of pyridine rings is 2. The quantitative estimate of drug-likeness (QED) is 0.485. The van der Waals surface area contributed by atoms with Crippen molar-refractivity contribution in [2.45, 2.75) is 19.6 Å². The summed E-state index contributed by atoms with van der Waals surface area (Å²) in [7, 11) is 0. The summed E-state index contributed by atoms with van der Waals surface area (Å²) < 4.78 is 5.98. The first-order valence-corrected chi connectivity index (χ1v) is 10.1. The van der Waals surface area contributed by atoms with Gasteiger partial charge in [-0.3, -0.25) is 14.8 Å². The molecule has 5 rings (SSSR count). The van der Waals surface area contributed by atoms with Crippen LogP contribution in [0.2, 0.25) is 0 Å². The van der Waals surface area contributed by atoms with Gasteiger partial charge in [0.05, 0.1) is 11.1 Å². The number of hydrogen-bond donors (Lipinski definition) is 0. The van der Waals surface area contributed by atoms with Gasteiger partial charge in [-0.05, 0) is 41.5 Å². The molecule has 0 aliphatic carbocycles. The second-order valence-corrected chi connectivity index (χ2v) is 7.41. The van der Waals surface area contributed by atoms with Crippen LogP contribution < -0.4 is 4.74 Å². The van der Waals surface area contributed by atoms with Crippen LogP contribution in [0.5, 0.6) is 5.75 Å². The Balaban J connectivity index is 1.28. The van der Waals surface area contributed by atoms with E-state index in [2.05, 4.69) is 17.1 Å². The van der Waals surface area contributed by atoms with Gasteiger partial charge in [-0.25, -0.2) is 0 Å². The van der Waals surface area contributed by atoms with Gasteiger partial charge in [0, 0.05) is 43.0 Å². The molecule has 0 atom stereocenters. The standard InChI is InChI=1S/C25H21N3O2/c29-25-24-20(5-3-7-23(24)30-17-18-10-13-26-14-11-18)16-28(25)15-12-21-9-8-19-4-1-2-6-22(19)27-21/h1-11,13-14H,12,15-17H2. The molecule has 0 N–H and O–H groups in total. The Hall–Kier alpha value is -3.73. The molecule has 1 aliphatic rings. The first-order chi connectivity index (χ1) is 14.8. The van der Waals surface area contributed by atoms with Gasteiger partial charge in [0.2, 0.25) is 0 Å². The van der Waals surface area contributed by atoms with Crippen molar-refractivity contribution in [1.29, 1.82) is 0 Å². The maximum absolute atomic E-state index is 13.1. The van der Waals surface area contributed by atoms with E-state index in [1.54, 1.807) is 12.4 Å². The van der Waals surface area contributed by atoms with Crippen molar-refractivity contribution in [2.75, 3.05) is 6.54 Å². The molecule has 1 amide bonds. The van der Waals surface area contributed by atoms with Gasteiger partial charge in [0.1, 0.15) is 12.4 Å². The number of carbonyl (C=O) groups excluding carboxylic acids is 1. The van der Waals surface area contributed by atoms with Crippen molar-refractivity contribution in [3.63, 3.8) is 0 Å².